The Balaban J connectivity index is 1.67. The van der Waals surface area contributed by atoms with Crippen LogP contribution in [0.4, 0.5) is 0 Å². The summed E-state index contributed by atoms with van der Waals surface area (Å²) in [5, 5.41) is 22.7. The molecule has 4 aromatic carbocycles. The Labute approximate surface area is 145 Å². The SMILES string of the molecule is Oc1ccc2ccccc2c1C=NN=Cc1cccc2ccccc12. The summed E-state index contributed by atoms with van der Waals surface area (Å²) in [4.78, 5) is 0. The van der Waals surface area contributed by atoms with Gasteiger partial charge in [0.05, 0.1) is 12.4 Å². The van der Waals surface area contributed by atoms with Crippen LogP contribution in [0.5, 0.6) is 5.75 Å². The number of nitrogens with zero attached hydrogens (tertiary/aromatic N) is 2. The van der Waals surface area contributed by atoms with Gasteiger partial charge in [0.25, 0.3) is 0 Å². The van der Waals surface area contributed by atoms with Crippen molar-refractivity contribution in [2.24, 2.45) is 10.2 Å². The monoisotopic (exact) mass is 324 g/mol. The summed E-state index contributed by atoms with van der Waals surface area (Å²) < 4.78 is 0. The molecule has 120 valence electrons. The van der Waals surface area contributed by atoms with Gasteiger partial charge in [-0.05, 0) is 27.6 Å². The van der Waals surface area contributed by atoms with Crippen LogP contribution >= 0.6 is 0 Å². The second-order valence-electron chi connectivity index (χ2n) is 5.78. The van der Waals surface area contributed by atoms with Crippen molar-refractivity contribution in [3.05, 3.63) is 90.0 Å². The van der Waals surface area contributed by atoms with Crippen LogP contribution in [0, 0.1) is 0 Å². The number of hydrogen-bond acceptors (Lipinski definition) is 3. The lowest BCUT2D eigenvalue weighted by Crippen LogP contribution is -1.86. The van der Waals surface area contributed by atoms with Gasteiger partial charge in [0.15, 0.2) is 0 Å². The van der Waals surface area contributed by atoms with Gasteiger partial charge in [-0.1, -0.05) is 72.8 Å². The minimum absolute atomic E-state index is 0.197. The molecule has 0 spiro atoms. The van der Waals surface area contributed by atoms with E-state index in [1.165, 1.54) is 5.39 Å². The van der Waals surface area contributed by atoms with Crippen molar-refractivity contribution in [3.8, 4) is 5.75 Å². The van der Waals surface area contributed by atoms with Gasteiger partial charge in [-0.3, -0.25) is 0 Å². The summed E-state index contributed by atoms with van der Waals surface area (Å²) in [5.74, 6) is 0.197. The zero-order valence-electron chi connectivity index (χ0n) is 13.5. The molecule has 0 saturated carbocycles. The molecule has 0 heterocycles. The predicted octanol–water partition coefficient (Wildman–Crippen LogP) is 5.15. The van der Waals surface area contributed by atoms with E-state index in [0.717, 1.165) is 21.7 Å². The van der Waals surface area contributed by atoms with Crippen molar-refractivity contribution in [2.45, 2.75) is 0 Å². The molecule has 4 rings (SSSR count). The van der Waals surface area contributed by atoms with E-state index < -0.39 is 0 Å². The van der Waals surface area contributed by atoms with Crippen LogP contribution in [0.1, 0.15) is 11.1 Å². The summed E-state index contributed by atoms with van der Waals surface area (Å²) in [6.07, 6.45) is 3.33. The van der Waals surface area contributed by atoms with Crippen molar-refractivity contribution in [2.75, 3.05) is 0 Å². The zero-order chi connectivity index (χ0) is 17.1. The van der Waals surface area contributed by atoms with E-state index in [0.29, 0.717) is 5.56 Å². The molecule has 0 unspecified atom stereocenters. The molecule has 0 atom stereocenters. The molecule has 0 aliphatic carbocycles. The van der Waals surface area contributed by atoms with Crippen LogP contribution in [0.25, 0.3) is 21.5 Å². The standard InChI is InChI=1S/C22H16N2O/c25-22-13-12-17-7-2-4-11-20(17)21(22)15-24-23-14-18-9-5-8-16-6-1-3-10-19(16)18/h1-15,25H. The quantitative estimate of drug-likeness (QED) is 0.411. The lowest BCUT2D eigenvalue weighted by molar-refractivity contribution is 0.475. The largest absolute Gasteiger partial charge is 0.507 e. The summed E-state index contributed by atoms with van der Waals surface area (Å²) >= 11 is 0. The van der Waals surface area contributed by atoms with Gasteiger partial charge >= 0.3 is 0 Å². The Bertz CT molecular complexity index is 1110. The molecule has 0 aromatic heterocycles. The first-order valence-electron chi connectivity index (χ1n) is 8.08. The maximum absolute atomic E-state index is 10.1. The first-order chi connectivity index (χ1) is 12.3. The number of fused-ring (bicyclic) bond motifs is 2. The van der Waals surface area contributed by atoms with Crippen molar-refractivity contribution >= 4 is 34.0 Å². The molecule has 0 saturated heterocycles. The Morgan fingerprint density at radius 2 is 1.24 bits per heavy atom. The smallest absolute Gasteiger partial charge is 0.125 e. The fourth-order valence-electron chi connectivity index (χ4n) is 2.97. The summed E-state index contributed by atoms with van der Waals surface area (Å²) in [7, 11) is 0. The van der Waals surface area contributed by atoms with Gasteiger partial charge in [-0.15, -0.1) is 0 Å². The second-order valence-corrected chi connectivity index (χ2v) is 5.78. The molecule has 3 heteroatoms. The van der Waals surface area contributed by atoms with Gasteiger partial charge in [0.2, 0.25) is 0 Å². The lowest BCUT2D eigenvalue weighted by atomic mass is 10.0. The van der Waals surface area contributed by atoms with E-state index >= 15 is 0 Å². The second kappa shape index (κ2) is 6.57. The van der Waals surface area contributed by atoms with Crippen LogP contribution < -0.4 is 0 Å². The molecule has 3 nitrogen and oxygen atoms in total. The van der Waals surface area contributed by atoms with Gasteiger partial charge < -0.3 is 5.11 Å². The fraction of sp³-hybridized carbons (Fsp3) is 0. The molecule has 4 aromatic rings. The van der Waals surface area contributed by atoms with Crippen molar-refractivity contribution < 1.29 is 5.11 Å². The van der Waals surface area contributed by atoms with Crippen molar-refractivity contribution in [1.82, 2.24) is 0 Å². The maximum Gasteiger partial charge on any atom is 0.125 e. The molecule has 0 bridgehead atoms. The predicted molar refractivity (Wildman–Crippen MR) is 105 cm³/mol. The fourth-order valence-corrected chi connectivity index (χ4v) is 2.97. The topological polar surface area (TPSA) is 45.0 Å². The lowest BCUT2D eigenvalue weighted by Gasteiger charge is -2.03. The van der Waals surface area contributed by atoms with Crippen LogP contribution in [-0.4, -0.2) is 17.5 Å². The van der Waals surface area contributed by atoms with E-state index in [1.54, 1.807) is 18.5 Å². The Kier molecular flexibility index (Phi) is 3.97. The van der Waals surface area contributed by atoms with Crippen LogP contribution in [0.2, 0.25) is 0 Å². The number of aromatic hydroxyl groups is 1. The van der Waals surface area contributed by atoms with Crippen LogP contribution in [0.3, 0.4) is 0 Å². The highest BCUT2D eigenvalue weighted by molar-refractivity contribution is 6.03. The maximum atomic E-state index is 10.1. The molecule has 25 heavy (non-hydrogen) atoms. The normalized spacial score (nSPS) is 11.8. The molecule has 0 fully saturated rings. The number of phenolic OH excluding ortho intramolecular Hbond substituents is 1. The van der Waals surface area contributed by atoms with E-state index in [4.69, 9.17) is 0 Å². The highest BCUT2D eigenvalue weighted by atomic mass is 16.3. The summed E-state index contributed by atoms with van der Waals surface area (Å²) in [6.45, 7) is 0. The average Bonchev–Trinajstić information content (AvgIpc) is 2.66. The van der Waals surface area contributed by atoms with Crippen molar-refractivity contribution in [1.29, 1.82) is 0 Å². The zero-order valence-corrected chi connectivity index (χ0v) is 13.5. The highest BCUT2D eigenvalue weighted by Gasteiger charge is 2.03. The number of rotatable bonds is 3. The Morgan fingerprint density at radius 1 is 0.600 bits per heavy atom. The Morgan fingerprint density at radius 3 is 2.08 bits per heavy atom. The molecule has 0 amide bonds. The summed E-state index contributed by atoms with van der Waals surface area (Å²) in [5.41, 5.74) is 1.69. The van der Waals surface area contributed by atoms with Gasteiger partial charge in [-0.2, -0.15) is 10.2 Å². The van der Waals surface area contributed by atoms with Gasteiger partial charge in [0.1, 0.15) is 5.75 Å². The van der Waals surface area contributed by atoms with Crippen LogP contribution in [-0.2, 0) is 0 Å². The molecular weight excluding hydrogens is 308 g/mol. The number of phenols is 1. The van der Waals surface area contributed by atoms with Crippen LogP contribution in [0.15, 0.2) is 89.1 Å². The van der Waals surface area contributed by atoms with Gasteiger partial charge in [0, 0.05) is 11.1 Å². The van der Waals surface area contributed by atoms with E-state index in [1.807, 2.05) is 54.6 Å². The first-order valence-corrected chi connectivity index (χ1v) is 8.08. The van der Waals surface area contributed by atoms with Crippen molar-refractivity contribution in [3.63, 3.8) is 0 Å². The third-order valence-electron chi connectivity index (χ3n) is 4.22. The van der Waals surface area contributed by atoms with E-state index in [9.17, 15) is 5.11 Å². The Hall–Kier alpha value is -3.46. The van der Waals surface area contributed by atoms with E-state index in [2.05, 4.69) is 28.4 Å². The number of hydrogen-bond donors (Lipinski definition) is 1. The van der Waals surface area contributed by atoms with Gasteiger partial charge in [-0.25, -0.2) is 0 Å². The third-order valence-corrected chi connectivity index (χ3v) is 4.22. The van der Waals surface area contributed by atoms with E-state index in [-0.39, 0.29) is 5.75 Å². The molecule has 0 aliphatic rings. The molecule has 0 aliphatic heterocycles. The molecule has 1 N–H and O–H groups in total. The number of benzene rings is 4. The average molecular weight is 324 g/mol. The first kappa shape index (κ1) is 15.1. The highest BCUT2D eigenvalue weighted by Crippen LogP contribution is 2.25. The molecule has 0 radical (unpaired) electrons. The minimum atomic E-state index is 0.197. The molecular formula is C22H16N2O. The minimum Gasteiger partial charge on any atom is -0.507 e. The summed E-state index contributed by atoms with van der Waals surface area (Å²) in [6, 6.07) is 25.7. The third kappa shape index (κ3) is 3.00.